The van der Waals surface area contributed by atoms with E-state index in [0.717, 1.165) is 11.8 Å². The minimum absolute atomic E-state index is 0.0719. The summed E-state index contributed by atoms with van der Waals surface area (Å²) < 4.78 is 42.8. The summed E-state index contributed by atoms with van der Waals surface area (Å²) in [5.74, 6) is 1.08. The van der Waals surface area contributed by atoms with E-state index >= 15 is 0 Å². The Hall–Kier alpha value is -3.47. The molecule has 35 heavy (non-hydrogen) atoms. The van der Waals surface area contributed by atoms with Crippen LogP contribution in [0.15, 0.2) is 42.9 Å². The molecule has 8 nitrogen and oxygen atoms in total. The van der Waals surface area contributed by atoms with Gasteiger partial charge >= 0.3 is 6.18 Å². The predicted octanol–water partition coefficient (Wildman–Crippen LogP) is 6.04. The molecule has 0 radical (unpaired) electrons. The molecule has 0 spiro atoms. The van der Waals surface area contributed by atoms with E-state index in [0.29, 0.717) is 34.7 Å². The summed E-state index contributed by atoms with van der Waals surface area (Å²) in [6, 6.07) is 8.75. The van der Waals surface area contributed by atoms with Crippen molar-refractivity contribution in [3.8, 4) is 22.9 Å². The Morgan fingerprint density at radius 1 is 1.00 bits per heavy atom. The molecule has 0 amide bonds. The molecule has 0 aliphatic carbocycles. The maximum Gasteiger partial charge on any atom is 0.434 e. The van der Waals surface area contributed by atoms with Crippen LogP contribution in [0.1, 0.15) is 51.0 Å². The number of anilines is 1. The number of aromatic nitrogens is 7. The lowest BCUT2D eigenvalue weighted by atomic mass is 10.1. The van der Waals surface area contributed by atoms with Crippen LogP contribution in [-0.4, -0.2) is 34.3 Å². The molecule has 4 rings (SSSR count). The maximum atomic E-state index is 13.2. The SMILES string of the molecule is CC(C)n1cc(C(F)(F)F)nc1-c1ccc(CNc2ncnc(-c3cc(Cl)nn3C(C)C)n2)cc1. The van der Waals surface area contributed by atoms with Gasteiger partial charge in [-0.25, -0.2) is 15.0 Å². The van der Waals surface area contributed by atoms with Gasteiger partial charge in [0.25, 0.3) is 0 Å². The first kappa shape index (κ1) is 24.6. The van der Waals surface area contributed by atoms with Crippen LogP contribution in [0.2, 0.25) is 5.15 Å². The number of nitrogens with one attached hydrogen (secondary N) is 1. The summed E-state index contributed by atoms with van der Waals surface area (Å²) in [5.41, 5.74) is 1.26. The summed E-state index contributed by atoms with van der Waals surface area (Å²) in [6.07, 6.45) is -2.05. The van der Waals surface area contributed by atoms with E-state index in [1.165, 1.54) is 10.9 Å². The number of hydrogen-bond acceptors (Lipinski definition) is 6. The largest absolute Gasteiger partial charge is 0.434 e. The molecule has 0 aliphatic rings. The number of alkyl halides is 3. The van der Waals surface area contributed by atoms with Gasteiger partial charge in [-0.05, 0) is 33.3 Å². The molecule has 1 aromatic carbocycles. The second-order valence-electron chi connectivity index (χ2n) is 8.52. The van der Waals surface area contributed by atoms with Crippen LogP contribution in [-0.2, 0) is 12.7 Å². The van der Waals surface area contributed by atoms with Crippen molar-refractivity contribution in [2.24, 2.45) is 0 Å². The van der Waals surface area contributed by atoms with Crippen LogP contribution in [0.25, 0.3) is 22.9 Å². The highest BCUT2D eigenvalue weighted by Gasteiger charge is 2.35. The van der Waals surface area contributed by atoms with Crippen molar-refractivity contribution in [3.63, 3.8) is 0 Å². The average Bonchev–Trinajstić information content (AvgIpc) is 3.43. The van der Waals surface area contributed by atoms with Crippen LogP contribution < -0.4 is 5.32 Å². The molecule has 3 aromatic heterocycles. The van der Waals surface area contributed by atoms with E-state index in [4.69, 9.17) is 11.6 Å². The van der Waals surface area contributed by atoms with E-state index in [1.54, 1.807) is 22.9 Å². The first-order chi connectivity index (χ1) is 16.5. The molecule has 0 aliphatic heterocycles. The van der Waals surface area contributed by atoms with Crippen molar-refractivity contribution < 1.29 is 13.2 Å². The van der Waals surface area contributed by atoms with E-state index in [2.05, 4.69) is 30.4 Å². The van der Waals surface area contributed by atoms with Crippen LogP contribution in [0.5, 0.6) is 0 Å². The van der Waals surface area contributed by atoms with Crippen LogP contribution in [0.4, 0.5) is 19.1 Å². The van der Waals surface area contributed by atoms with Crippen molar-refractivity contribution in [2.75, 3.05) is 5.32 Å². The second-order valence-corrected chi connectivity index (χ2v) is 8.91. The Kier molecular flexibility index (Phi) is 6.79. The van der Waals surface area contributed by atoms with E-state index in [9.17, 15) is 13.2 Å². The molecule has 0 unspecified atom stereocenters. The third-order valence-electron chi connectivity index (χ3n) is 5.24. The van der Waals surface area contributed by atoms with Gasteiger partial charge in [-0.3, -0.25) is 4.68 Å². The topological polar surface area (TPSA) is 86.3 Å². The van der Waals surface area contributed by atoms with Gasteiger partial charge in [0, 0.05) is 36.5 Å². The molecule has 0 fully saturated rings. The Labute approximate surface area is 205 Å². The molecular formula is C23H24ClF3N8. The number of hydrogen-bond donors (Lipinski definition) is 1. The summed E-state index contributed by atoms with van der Waals surface area (Å²) in [6.45, 7) is 7.99. The van der Waals surface area contributed by atoms with E-state index in [1.807, 2.05) is 39.8 Å². The summed E-state index contributed by atoms with van der Waals surface area (Å²) >= 11 is 6.07. The standard InChI is InChI=1S/C23H24ClF3N8/c1-13(2)34-11-18(23(25,26)27)31-21(34)16-7-5-15(6-8-16)10-28-22-30-12-29-20(32-22)17-9-19(24)33-35(17)14(3)4/h5-9,11-14H,10H2,1-4H3,(H,28,29,30,32). The Bertz CT molecular complexity index is 1310. The van der Waals surface area contributed by atoms with Crippen molar-refractivity contribution in [2.45, 2.75) is 52.5 Å². The van der Waals surface area contributed by atoms with Gasteiger partial charge in [0.15, 0.2) is 16.7 Å². The fraction of sp³-hybridized carbons (Fsp3) is 0.348. The van der Waals surface area contributed by atoms with Crippen molar-refractivity contribution in [3.05, 3.63) is 59.3 Å². The molecule has 184 valence electrons. The lowest BCUT2D eigenvalue weighted by Gasteiger charge is -2.12. The van der Waals surface area contributed by atoms with Crippen molar-refractivity contribution >= 4 is 17.5 Å². The minimum Gasteiger partial charge on any atom is -0.350 e. The maximum absolute atomic E-state index is 13.2. The fourth-order valence-corrected chi connectivity index (χ4v) is 3.71. The van der Waals surface area contributed by atoms with Gasteiger partial charge in [0.05, 0.1) is 0 Å². The van der Waals surface area contributed by atoms with Crippen LogP contribution >= 0.6 is 11.6 Å². The van der Waals surface area contributed by atoms with Gasteiger partial charge < -0.3 is 9.88 Å². The number of benzene rings is 1. The normalized spacial score (nSPS) is 12.1. The van der Waals surface area contributed by atoms with Crippen LogP contribution in [0, 0.1) is 0 Å². The van der Waals surface area contributed by atoms with Crippen molar-refractivity contribution in [1.29, 1.82) is 0 Å². The molecule has 0 saturated heterocycles. The fourth-order valence-electron chi connectivity index (χ4n) is 3.52. The zero-order chi connectivity index (χ0) is 25.3. The summed E-state index contributed by atoms with van der Waals surface area (Å²) in [4.78, 5) is 16.7. The zero-order valence-electron chi connectivity index (χ0n) is 19.5. The highest BCUT2D eigenvalue weighted by Crippen LogP contribution is 2.32. The van der Waals surface area contributed by atoms with Gasteiger partial charge in [-0.15, -0.1) is 0 Å². The van der Waals surface area contributed by atoms with Gasteiger partial charge in [0.2, 0.25) is 5.95 Å². The zero-order valence-corrected chi connectivity index (χ0v) is 20.3. The molecular weight excluding hydrogens is 481 g/mol. The molecule has 1 N–H and O–H groups in total. The highest BCUT2D eigenvalue weighted by molar-refractivity contribution is 6.29. The van der Waals surface area contributed by atoms with Crippen LogP contribution in [0.3, 0.4) is 0 Å². The average molecular weight is 505 g/mol. The lowest BCUT2D eigenvalue weighted by Crippen LogP contribution is -2.09. The summed E-state index contributed by atoms with van der Waals surface area (Å²) in [5, 5.41) is 7.76. The number of rotatable bonds is 7. The Balaban J connectivity index is 1.51. The number of halogens is 4. The Morgan fingerprint density at radius 3 is 2.34 bits per heavy atom. The smallest absolute Gasteiger partial charge is 0.350 e. The third-order valence-corrected chi connectivity index (χ3v) is 5.42. The minimum atomic E-state index is -4.50. The molecule has 0 atom stereocenters. The second kappa shape index (κ2) is 9.65. The molecule has 0 bridgehead atoms. The molecule has 0 saturated carbocycles. The highest BCUT2D eigenvalue weighted by atomic mass is 35.5. The summed E-state index contributed by atoms with van der Waals surface area (Å²) in [7, 11) is 0. The molecule has 12 heteroatoms. The Morgan fingerprint density at radius 2 is 1.71 bits per heavy atom. The third kappa shape index (κ3) is 5.45. The number of nitrogens with zero attached hydrogens (tertiary/aromatic N) is 7. The predicted molar refractivity (Wildman–Crippen MR) is 127 cm³/mol. The van der Waals surface area contributed by atoms with E-state index < -0.39 is 11.9 Å². The molecule has 4 aromatic rings. The lowest BCUT2D eigenvalue weighted by molar-refractivity contribution is -0.140. The first-order valence-electron chi connectivity index (χ1n) is 11.0. The quantitative estimate of drug-likeness (QED) is 0.330. The monoisotopic (exact) mass is 504 g/mol. The number of imidazole rings is 1. The van der Waals surface area contributed by atoms with Gasteiger partial charge in [-0.2, -0.15) is 23.3 Å². The first-order valence-corrected chi connectivity index (χ1v) is 11.3. The molecule has 3 heterocycles. The van der Waals surface area contributed by atoms with Crippen molar-refractivity contribution in [1.82, 2.24) is 34.3 Å². The van der Waals surface area contributed by atoms with Gasteiger partial charge in [-0.1, -0.05) is 35.9 Å². The van der Waals surface area contributed by atoms with Gasteiger partial charge in [0.1, 0.15) is 17.8 Å². The van der Waals surface area contributed by atoms with E-state index in [-0.39, 0.29) is 17.9 Å².